The maximum atomic E-state index is 9.86. The average molecular weight is 234 g/mol. The maximum absolute atomic E-state index is 9.86. The van der Waals surface area contributed by atoms with Crippen LogP contribution in [0.25, 0.3) is 0 Å². The molecule has 1 aromatic heterocycles. The molecule has 2 rings (SSSR count). The van der Waals surface area contributed by atoms with Crippen molar-refractivity contribution < 1.29 is 5.11 Å². The van der Waals surface area contributed by atoms with Crippen LogP contribution in [0.4, 0.5) is 5.82 Å². The number of nitrogens with zero attached hydrogens (tertiary/aromatic N) is 2. The van der Waals surface area contributed by atoms with E-state index in [4.69, 9.17) is 0 Å². The number of pyridine rings is 1. The van der Waals surface area contributed by atoms with E-state index >= 15 is 0 Å². The first-order valence-electron chi connectivity index (χ1n) is 6.62. The SMILES string of the molecule is CCC(O)c1cnc(N2CCCCC2)cc1C. The molecule has 1 unspecified atom stereocenters. The minimum absolute atomic E-state index is 0.377. The Balaban J connectivity index is 2.17. The Labute approximate surface area is 103 Å². The molecule has 1 aromatic rings. The third kappa shape index (κ3) is 2.78. The van der Waals surface area contributed by atoms with E-state index in [0.717, 1.165) is 36.5 Å². The van der Waals surface area contributed by atoms with Gasteiger partial charge < -0.3 is 10.0 Å². The van der Waals surface area contributed by atoms with Gasteiger partial charge in [0.05, 0.1) is 6.10 Å². The van der Waals surface area contributed by atoms with Crippen LogP contribution in [0.1, 0.15) is 49.8 Å². The van der Waals surface area contributed by atoms with Gasteiger partial charge in [-0.15, -0.1) is 0 Å². The van der Waals surface area contributed by atoms with E-state index in [0.29, 0.717) is 0 Å². The molecule has 3 nitrogen and oxygen atoms in total. The van der Waals surface area contributed by atoms with Crippen molar-refractivity contribution in [2.75, 3.05) is 18.0 Å². The summed E-state index contributed by atoms with van der Waals surface area (Å²) in [4.78, 5) is 6.84. The molecule has 1 saturated heterocycles. The Kier molecular flexibility index (Phi) is 4.00. The highest BCUT2D eigenvalue weighted by Gasteiger charge is 2.14. The average Bonchev–Trinajstić information content (AvgIpc) is 2.39. The number of aromatic nitrogens is 1. The Morgan fingerprint density at radius 3 is 2.65 bits per heavy atom. The molecular formula is C14H22N2O. The predicted octanol–water partition coefficient (Wildman–Crippen LogP) is 2.82. The van der Waals surface area contributed by atoms with Gasteiger partial charge in [-0.2, -0.15) is 0 Å². The van der Waals surface area contributed by atoms with Gasteiger partial charge in [-0.25, -0.2) is 4.98 Å². The van der Waals surface area contributed by atoms with Gasteiger partial charge in [-0.1, -0.05) is 6.92 Å². The topological polar surface area (TPSA) is 36.4 Å². The molecule has 3 heteroatoms. The van der Waals surface area contributed by atoms with Crippen molar-refractivity contribution in [3.8, 4) is 0 Å². The predicted molar refractivity (Wildman–Crippen MR) is 70.3 cm³/mol. The maximum Gasteiger partial charge on any atom is 0.128 e. The molecule has 1 fully saturated rings. The van der Waals surface area contributed by atoms with Crippen molar-refractivity contribution in [3.05, 3.63) is 23.4 Å². The number of rotatable bonds is 3. The second-order valence-electron chi connectivity index (χ2n) is 4.87. The first kappa shape index (κ1) is 12.4. The van der Waals surface area contributed by atoms with Crippen LogP contribution in [0.2, 0.25) is 0 Å². The quantitative estimate of drug-likeness (QED) is 0.873. The zero-order valence-electron chi connectivity index (χ0n) is 10.8. The first-order valence-corrected chi connectivity index (χ1v) is 6.62. The van der Waals surface area contributed by atoms with Crippen LogP contribution in [0.5, 0.6) is 0 Å². The molecular weight excluding hydrogens is 212 g/mol. The van der Waals surface area contributed by atoms with Crippen molar-refractivity contribution >= 4 is 5.82 Å². The first-order chi connectivity index (χ1) is 8.22. The van der Waals surface area contributed by atoms with Gasteiger partial charge in [0.15, 0.2) is 0 Å². The van der Waals surface area contributed by atoms with Crippen LogP contribution in [-0.4, -0.2) is 23.2 Å². The van der Waals surface area contributed by atoms with Crippen LogP contribution in [-0.2, 0) is 0 Å². The van der Waals surface area contributed by atoms with Crippen LogP contribution in [0, 0.1) is 6.92 Å². The molecule has 1 aliphatic heterocycles. The molecule has 1 aliphatic rings. The van der Waals surface area contributed by atoms with Gasteiger partial charge in [-0.3, -0.25) is 0 Å². The smallest absolute Gasteiger partial charge is 0.128 e. The lowest BCUT2D eigenvalue weighted by molar-refractivity contribution is 0.172. The summed E-state index contributed by atoms with van der Waals surface area (Å²) in [6, 6.07) is 2.11. The number of hydrogen-bond acceptors (Lipinski definition) is 3. The Morgan fingerprint density at radius 2 is 2.06 bits per heavy atom. The van der Waals surface area contributed by atoms with Gasteiger partial charge in [0, 0.05) is 24.8 Å². The van der Waals surface area contributed by atoms with E-state index in [1.54, 1.807) is 0 Å². The second kappa shape index (κ2) is 5.50. The summed E-state index contributed by atoms with van der Waals surface area (Å²) in [5.41, 5.74) is 2.11. The summed E-state index contributed by atoms with van der Waals surface area (Å²) < 4.78 is 0. The zero-order chi connectivity index (χ0) is 12.3. The molecule has 0 amide bonds. The number of anilines is 1. The van der Waals surface area contributed by atoms with Gasteiger partial charge in [0.1, 0.15) is 5.82 Å². The molecule has 0 bridgehead atoms. The lowest BCUT2D eigenvalue weighted by atomic mass is 10.0. The van der Waals surface area contributed by atoms with Crippen molar-refractivity contribution in [1.82, 2.24) is 4.98 Å². The third-order valence-corrected chi connectivity index (χ3v) is 3.56. The normalized spacial score (nSPS) is 18.2. The number of aliphatic hydroxyl groups is 1. The zero-order valence-corrected chi connectivity index (χ0v) is 10.8. The summed E-state index contributed by atoms with van der Waals surface area (Å²) in [7, 11) is 0. The summed E-state index contributed by atoms with van der Waals surface area (Å²) in [6.45, 7) is 6.27. The molecule has 0 radical (unpaired) electrons. The van der Waals surface area contributed by atoms with Crippen LogP contribution in [0.3, 0.4) is 0 Å². The minimum atomic E-state index is -0.377. The number of aliphatic hydroxyl groups excluding tert-OH is 1. The van der Waals surface area contributed by atoms with Crippen LogP contribution >= 0.6 is 0 Å². The third-order valence-electron chi connectivity index (χ3n) is 3.56. The van der Waals surface area contributed by atoms with Gasteiger partial charge in [0.2, 0.25) is 0 Å². The highest BCUT2D eigenvalue weighted by atomic mass is 16.3. The lowest BCUT2D eigenvalue weighted by Gasteiger charge is -2.28. The van der Waals surface area contributed by atoms with Gasteiger partial charge in [0.25, 0.3) is 0 Å². The van der Waals surface area contributed by atoms with E-state index in [1.807, 2.05) is 13.1 Å². The van der Waals surface area contributed by atoms with Crippen molar-refractivity contribution in [2.24, 2.45) is 0 Å². The Bertz CT molecular complexity index is 372. The van der Waals surface area contributed by atoms with Crippen molar-refractivity contribution in [2.45, 2.75) is 45.6 Å². The van der Waals surface area contributed by atoms with E-state index in [-0.39, 0.29) is 6.10 Å². The fourth-order valence-electron chi connectivity index (χ4n) is 2.42. The van der Waals surface area contributed by atoms with Crippen molar-refractivity contribution in [3.63, 3.8) is 0 Å². The number of piperidine rings is 1. The molecule has 2 heterocycles. The number of aryl methyl sites for hydroxylation is 1. The summed E-state index contributed by atoms with van der Waals surface area (Å²) >= 11 is 0. The molecule has 1 N–H and O–H groups in total. The largest absolute Gasteiger partial charge is 0.388 e. The summed E-state index contributed by atoms with van der Waals surface area (Å²) in [5, 5.41) is 9.86. The van der Waals surface area contributed by atoms with Crippen LogP contribution in [0.15, 0.2) is 12.3 Å². The van der Waals surface area contributed by atoms with E-state index in [9.17, 15) is 5.11 Å². The highest BCUT2D eigenvalue weighted by molar-refractivity contribution is 5.44. The van der Waals surface area contributed by atoms with Gasteiger partial charge >= 0.3 is 0 Å². The summed E-state index contributed by atoms with van der Waals surface area (Å²) in [6.07, 6.45) is 6.07. The fraction of sp³-hybridized carbons (Fsp3) is 0.643. The molecule has 0 saturated carbocycles. The molecule has 0 aliphatic carbocycles. The standard InChI is InChI=1S/C14H22N2O/c1-3-13(17)12-10-15-14(9-11(12)2)16-7-5-4-6-8-16/h9-10,13,17H,3-8H2,1-2H3. The lowest BCUT2D eigenvalue weighted by Crippen LogP contribution is -2.30. The molecule has 0 aromatic carbocycles. The van der Waals surface area contributed by atoms with E-state index < -0.39 is 0 Å². The molecule has 0 spiro atoms. The highest BCUT2D eigenvalue weighted by Crippen LogP contribution is 2.24. The molecule has 94 valence electrons. The second-order valence-corrected chi connectivity index (χ2v) is 4.87. The Hall–Kier alpha value is -1.09. The van der Waals surface area contributed by atoms with Crippen molar-refractivity contribution in [1.29, 1.82) is 0 Å². The van der Waals surface area contributed by atoms with E-state index in [1.165, 1.54) is 19.3 Å². The molecule has 17 heavy (non-hydrogen) atoms. The number of hydrogen-bond donors (Lipinski definition) is 1. The van der Waals surface area contributed by atoms with E-state index in [2.05, 4.69) is 22.9 Å². The van der Waals surface area contributed by atoms with Gasteiger partial charge in [-0.05, 0) is 44.2 Å². The monoisotopic (exact) mass is 234 g/mol. The van der Waals surface area contributed by atoms with Crippen LogP contribution < -0.4 is 4.90 Å². The minimum Gasteiger partial charge on any atom is -0.388 e. The Morgan fingerprint density at radius 1 is 1.35 bits per heavy atom. The fourth-order valence-corrected chi connectivity index (χ4v) is 2.42. The molecule has 1 atom stereocenters. The summed E-state index contributed by atoms with van der Waals surface area (Å²) in [5.74, 6) is 1.06.